The van der Waals surface area contributed by atoms with Crippen LogP contribution in [0.5, 0.6) is 17.2 Å². The summed E-state index contributed by atoms with van der Waals surface area (Å²) in [6.45, 7) is 3.29. The number of ether oxygens (including phenoxy) is 3. The Hall–Kier alpha value is -3.26. The van der Waals surface area contributed by atoms with Gasteiger partial charge in [0.25, 0.3) is 0 Å². The SMILES string of the molecule is COc1cc(CN2CCc3onc(Nc4cccc(F)c4)c3C2)cc2c1OCCO2. The van der Waals surface area contributed by atoms with Gasteiger partial charge in [0.2, 0.25) is 5.75 Å². The minimum atomic E-state index is -0.299. The van der Waals surface area contributed by atoms with E-state index in [1.807, 2.05) is 12.1 Å². The van der Waals surface area contributed by atoms with Crippen LogP contribution in [-0.2, 0) is 19.5 Å². The Balaban J connectivity index is 1.34. The lowest BCUT2D eigenvalue weighted by Gasteiger charge is -2.27. The zero-order valence-corrected chi connectivity index (χ0v) is 16.6. The van der Waals surface area contributed by atoms with Gasteiger partial charge in [0.05, 0.1) is 12.7 Å². The number of nitrogens with one attached hydrogen (secondary N) is 1. The second kappa shape index (κ2) is 7.87. The molecule has 5 rings (SSSR count). The average molecular weight is 411 g/mol. The maximum atomic E-state index is 13.5. The Morgan fingerprint density at radius 3 is 2.97 bits per heavy atom. The van der Waals surface area contributed by atoms with E-state index < -0.39 is 0 Å². The highest BCUT2D eigenvalue weighted by atomic mass is 19.1. The Morgan fingerprint density at radius 1 is 1.20 bits per heavy atom. The van der Waals surface area contributed by atoms with Crippen LogP contribution in [0.15, 0.2) is 40.9 Å². The van der Waals surface area contributed by atoms with Crippen LogP contribution in [0.4, 0.5) is 15.9 Å². The molecule has 0 aliphatic carbocycles. The minimum Gasteiger partial charge on any atom is -0.493 e. The third-order valence-electron chi connectivity index (χ3n) is 5.29. The molecule has 3 heterocycles. The lowest BCUT2D eigenvalue weighted by molar-refractivity contribution is 0.164. The molecule has 3 aromatic rings. The number of aromatic nitrogens is 1. The number of fused-ring (bicyclic) bond motifs is 2. The topological polar surface area (TPSA) is 69.0 Å². The first kappa shape index (κ1) is 18.7. The predicted molar refractivity (Wildman–Crippen MR) is 108 cm³/mol. The maximum Gasteiger partial charge on any atom is 0.203 e. The van der Waals surface area contributed by atoms with E-state index in [-0.39, 0.29) is 5.82 Å². The molecule has 7 nitrogen and oxygen atoms in total. The van der Waals surface area contributed by atoms with Crippen molar-refractivity contribution in [1.29, 1.82) is 0 Å². The van der Waals surface area contributed by atoms with Gasteiger partial charge in [-0.3, -0.25) is 4.90 Å². The molecule has 0 saturated carbocycles. The van der Waals surface area contributed by atoms with Crippen molar-refractivity contribution in [3.05, 3.63) is 59.1 Å². The van der Waals surface area contributed by atoms with E-state index in [2.05, 4.69) is 15.4 Å². The molecular formula is C22H22FN3O4. The molecule has 0 radical (unpaired) electrons. The zero-order chi connectivity index (χ0) is 20.5. The van der Waals surface area contributed by atoms with E-state index in [0.717, 1.165) is 36.4 Å². The van der Waals surface area contributed by atoms with Crippen LogP contribution in [0.25, 0.3) is 0 Å². The summed E-state index contributed by atoms with van der Waals surface area (Å²) < 4.78 is 35.9. The minimum absolute atomic E-state index is 0.299. The summed E-state index contributed by atoms with van der Waals surface area (Å²) >= 11 is 0. The van der Waals surface area contributed by atoms with Gasteiger partial charge in [0, 0.05) is 31.7 Å². The van der Waals surface area contributed by atoms with Gasteiger partial charge in [0.15, 0.2) is 17.3 Å². The molecule has 0 atom stereocenters. The largest absolute Gasteiger partial charge is 0.493 e. The van der Waals surface area contributed by atoms with Crippen molar-refractivity contribution in [1.82, 2.24) is 10.1 Å². The third-order valence-corrected chi connectivity index (χ3v) is 5.29. The number of benzene rings is 2. The molecule has 156 valence electrons. The van der Waals surface area contributed by atoms with Crippen LogP contribution in [0.2, 0.25) is 0 Å². The van der Waals surface area contributed by atoms with Gasteiger partial charge >= 0.3 is 0 Å². The lowest BCUT2D eigenvalue weighted by atomic mass is 10.1. The number of hydrogen-bond donors (Lipinski definition) is 1. The summed E-state index contributed by atoms with van der Waals surface area (Å²) in [6.07, 6.45) is 0.759. The van der Waals surface area contributed by atoms with Gasteiger partial charge in [0.1, 0.15) is 24.8 Å². The van der Waals surface area contributed by atoms with Crippen molar-refractivity contribution >= 4 is 11.5 Å². The van der Waals surface area contributed by atoms with Crippen molar-refractivity contribution < 1.29 is 23.1 Å². The fraction of sp³-hybridized carbons (Fsp3) is 0.318. The summed E-state index contributed by atoms with van der Waals surface area (Å²) in [5.41, 5.74) is 2.71. The monoisotopic (exact) mass is 411 g/mol. The average Bonchev–Trinajstić information content (AvgIpc) is 3.15. The smallest absolute Gasteiger partial charge is 0.203 e. The Bertz CT molecular complexity index is 1050. The van der Waals surface area contributed by atoms with E-state index in [1.165, 1.54) is 12.1 Å². The fourth-order valence-electron chi connectivity index (χ4n) is 3.88. The molecule has 0 saturated heterocycles. The molecule has 0 fully saturated rings. The Labute approximate surface area is 173 Å². The second-order valence-corrected chi connectivity index (χ2v) is 7.35. The van der Waals surface area contributed by atoms with Gasteiger partial charge < -0.3 is 24.1 Å². The third kappa shape index (κ3) is 3.66. The van der Waals surface area contributed by atoms with Gasteiger partial charge in [-0.1, -0.05) is 11.2 Å². The van der Waals surface area contributed by atoms with Gasteiger partial charge in [-0.15, -0.1) is 0 Å². The zero-order valence-electron chi connectivity index (χ0n) is 16.6. The number of hydrogen-bond acceptors (Lipinski definition) is 7. The van der Waals surface area contributed by atoms with E-state index >= 15 is 0 Å². The van der Waals surface area contributed by atoms with Gasteiger partial charge in [-0.05, 0) is 35.9 Å². The number of nitrogens with zero attached hydrogens (tertiary/aromatic N) is 2. The molecule has 0 bridgehead atoms. The Kier molecular flexibility index (Phi) is 4.92. The standard InChI is InChI=1S/C22H22FN3O4/c1-27-19-9-14(10-20-21(19)29-8-7-28-20)12-26-6-5-18-17(13-26)22(25-30-18)24-16-4-2-3-15(23)11-16/h2-4,9-11H,5-8,12-13H2,1H3,(H,24,25). The molecule has 0 unspecified atom stereocenters. The first-order valence-electron chi connectivity index (χ1n) is 9.88. The molecule has 2 aliphatic rings. The fourth-order valence-corrected chi connectivity index (χ4v) is 3.88. The lowest BCUT2D eigenvalue weighted by Crippen LogP contribution is -2.29. The molecule has 1 N–H and O–H groups in total. The van der Waals surface area contributed by atoms with Crippen molar-refractivity contribution in [2.75, 3.05) is 32.2 Å². The van der Waals surface area contributed by atoms with E-state index in [0.29, 0.717) is 48.5 Å². The van der Waals surface area contributed by atoms with Gasteiger partial charge in [-0.25, -0.2) is 4.39 Å². The first-order valence-corrected chi connectivity index (χ1v) is 9.88. The normalized spacial score (nSPS) is 15.5. The maximum absolute atomic E-state index is 13.5. The molecule has 0 spiro atoms. The summed E-state index contributed by atoms with van der Waals surface area (Å²) in [4.78, 5) is 2.31. The van der Waals surface area contributed by atoms with Crippen molar-refractivity contribution in [3.63, 3.8) is 0 Å². The van der Waals surface area contributed by atoms with E-state index in [9.17, 15) is 4.39 Å². The van der Waals surface area contributed by atoms with E-state index in [4.69, 9.17) is 18.7 Å². The molecule has 0 amide bonds. The molecule has 2 aromatic carbocycles. The van der Waals surface area contributed by atoms with Crippen molar-refractivity contribution in [2.45, 2.75) is 19.5 Å². The summed E-state index contributed by atoms with van der Waals surface area (Å²) in [6, 6.07) is 10.3. The number of rotatable bonds is 5. The van der Waals surface area contributed by atoms with Crippen LogP contribution >= 0.6 is 0 Å². The Morgan fingerprint density at radius 2 is 2.10 bits per heavy atom. The summed E-state index contributed by atoms with van der Waals surface area (Å²) in [5.74, 6) is 3.25. The van der Waals surface area contributed by atoms with Crippen LogP contribution in [0.3, 0.4) is 0 Å². The highest BCUT2D eigenvalue weighted by Crippen LogP contribution is 2.41. The van der Waals surface area contributed by atoms with E-state index in [1.54, 1.807) is 19.2 Å². The highest BCUT2D eigenvalue weighted by molar-refractivity contribution is 5.60. The molecular weight excluding hydrogens is 389 g/mol. The van der Waals surface area contributed by atoms with Crippen LogP contribution in [-0.4, -0.2) is 36.9 Å². The molecule has 8 heteroatoms. The molecule has 1 aromatic heterocycles. The second-order valence-electron chi connectivity index (χ2n) is 7.35. The first-order chi connectivity index (χ1) is 14.7. The quantitative estimate of drug-likeness (QED) is 0.683. The van der Waals surface area contributed by atoms with Crippen LogP contribution in [0.1, 0.15) is 16.9 Å². The predicted octanol–water partition coefficient (Wildman–Crippen LogP) is 3.90. The molecule has 2 aliphatic heterocycles. The summed E-state index contributed by atoms with van der Waals surface area (Å²) in [7, 11) is 1.63. The van der Waals surface area contributed by atoms with Crippen LogP contribution < -0.4 is 19.5 Å². The van der Waals surface area contributed by atoms with Crippen molar-refractivity contribution in [2.24, 2.45) is 0 Å². The summed E-state index contributed by atoms with van der Waals surface area (Å²) in [5, 5.41) is 7.33. The van der Waals surface area contributed by atoms with Crippen molar-refractivity contribution in [3.8, 4) is 17.2 Å². The number of halogens is 1. The number of anilines is 2. The van der Waals surface area contributed by atoms with Gasteiger partial charge in [-0.2, -0.15) is 0 Å². The molecule has 30 heavy (non-hydrogen) atoms. The number of methoxy groups -OCH3 is 1. The van der Waals surface area contributed by atoms with Crippen LogP contribution in [0, 0.1) is 5.82 Å². The highest BCUT2D eigenvalue weighted by Gasteiger charge is 2.26.